The lowest BCUT2D eigenvalue weighted by Crippen LogP contribution is -2.39. The first-order valence-corrected chi connectivity index (χ1v) is 23.0. The molecule has 0 heterocycles. The van der Waals surface area contributed by atoms with Crippen LogP contribution < -0.4 is 0 Å². The molecule has 298 valence electrons. The van der Waals surface area contributed by atoms with Crippen LogP contribution in [0.15, 0.2) is 58.3 Å². The molecule has 0 atom stereocenters. The third kappa shape index (κ3) is 20.5. The summed E-state index contributed by atoms with van der Waals surface area (Å²) in [7, 11) is 3.76. The molecule has 6 nitrogen and oxygen atoms in total. The van der Waals surface area contributed by atoms with Crippen LogP contribution in [0.25, 0.3) is 0 Å². The van der Waals surface area contributed by atoms with Gasteiger partial charge in [-0.25, -0.2) is 0 Å². The van der Waals surface area contributed by atoms with Crippen LogP contribution in [0.4, 0.5) is 0 Å². The minimum Gasteiger partial charge on any atom is -0.328 e. The van der Waals surface area contributed by atoms with Crippen molar-refractivity contribution in [2.24, 2.45) is 0 Å². The Morgan fingerprint density at radius 3 is 0.981 bits per heavy atom. The highest BCUT2D eigenvalue weighted by atomic mass is 33.1. The van der Waals surface area contributed by atoms with Crippen LogP contribution >= 0.6 is 21.6 Å². The fraction of sp³-hybridized carbons (Fsp3) is 0.727. The molecule has 0 N–H and O–H groups in total. The molecule has 0 fully saturated rings. The molecule has 2 rings (SSSR count). The smallest absolute Gasteiger partial charge is 0.282 e. The number of hydrogen-bond donors (Lipinski definition) is 0. The molecular formula is C44H74O6S2. The highest BCUT2D eigenvalue weighted by Crippen LogP contribution is 2.38. The first kappa shape index (κ1) is 47.1. The average Bonchev–Trinajstić information content (AvgIpc) is 3.14. The van der Waals surface area contributed by atoms with Gasteiger partial charge in [0.15, 0.2) is 0 Å². The number of aryl methyl sites for hydroxylation is 2. The summed E-state index contributed by atoms with van der Waals surface area (Å²) in [5.41, 5.74) is 2.90. The molecule has 2 aromatic carbocycles. The fourth-order valence-corrected chi connectivity index (χ4v) is 8.77. The van der Waals surface area contributed by atoms with Gasteiger partial charge < -0.3 is 28.4 Å². The van der Waals surface area contributed by atoms with E-state index in [0.717, 1.165) is 38.5 Å². The standard InChI is InChI=1S/C44H74O6S2/c1-7-45-43(46-8-2,47-9-3)35-25-21-17-13-15-19-23-29-39-31-27-33-41(37-39)51-52-42-34-28-32-40(38-42)30-24-20-16-14-18-22-26-36-44(48-10-4,49-11-5)50-12-6/h27-28,31-34,37-38H,7-26,29-30,35-36H2,1-6H3. The van der Waals surface area contributed by atoms with Gasteiger partial charge in [0.2, 0.25) is 0 Å². The average molecular weight is 763 g/mol. The lowest BCUT2D eigenvalue weighted by atomic mass is 10.0. The highest BCUT2D eigenvalue weighted by Gasteiger charge is 2.32. The van der Waals surface area contributed by atoms with E-state index in [4.69, 9.17) is 28.4 Å². The van der Waals surface area contributed by atoms with Gasteiger partial charge in [-0.3, -0.25) is 0 Å². The Labute approximate surface area is 326 Å². The van der Waals surface area contributed by atoms with Gasteiger partial charge in [0.1, 0.15) is 0 Å². The largest absolute Gasteiger partial charge is 0.328 e. The van der Waals surface area contributed by atoms with Gasteiger partial charge in [0.05, 0.1) is 0 Å². The van der Waals surface area contributed by atoms with E-state index < -0.39 is 11.9 Å². The predicted octanol–water partition coefficient (Wildman–Crippen LogP) is 13.3. The zero-order valence-electron chi connectivity index (χ0n) is 33.9. The summed E-state index contributed by atoms with van der Waals surface area (Å²) >= 11 is 0. The molecule has 0 aliphatic heterocycles. The van der Waals surface area contributed by atoms with E-state index in [-0.39, 0.29) is 0 Å². The van der Waals surface area contributed by atoms with Gasteiger partial charge in [0.25, 0.3) is 11.9 Å². The van der Waals surface area contributed by atoms with Crippen molar-refractivity contribution in [2.45, 2.75) is 179 Å². The van der Waals surface area contributed by atoms with E-state index in [9.17, 15) is 0 Å². The third-order valence-corrected chi connectivity index (χ3v) is 11.5. The van der Waals surface area contributed by atoms with Crippen molar-refractivity contribution in [1.29, 1.82) is 0 Å². The van der Waals surface area contributed by atoms with Crippen molar-refractivity contribution < 1.29 is 28.4 Å². The molecule has 0 saturated heterocycles. The van der Waals surface area contributed by atoms with E-state index in [1.54, 1.807) is 0 Å². The minimum atomic E-state index is -0.857. The van der Waals surface area contributed by atoms with Crippen LogP contribution in [0.3, 0.4) is 0 Å². The molecule has 0 spiro atoms. The van der Waals surface area contributed by atoms with Crippen LogP contribution in [0.5, 0.6) is 0 Å². The van der Waals surface area contributed by atoms with Crippen molar-refractivity contribution in [2.75, 3.05) is 39.6 Å². The summed E-state index contributed by atoms with van der Waals surface area (Å²) in [6.45, 7) is 15.6. The molecule has 2 aromatic rings. The second-order valence-electron chi connectivity index (χ2n) is 13.4. The van der Waals surface area contributed by atoms with E-state index in [2.05, 4.69) is 48.5 Å². The van der Waals surface area contributed by atoms with E-state index in [0.29, 0.717) is 39.6 Å². The predicted molar refractivity (Wildman–Crippen MR) is 221 cm³/mol. The highest BCUT2D eigenvalue weighted by molar-refractivity contribution is 8.76. The normalized spacial score (nSPS) is 12.2. The van der Waals surface area contributed by atoms with Gasteiger partial charge in [-0.1, -0.05) is 110 Å². The number of unbranched alkanes of at least 4 members (excludes halogenated alkanes) is 12. The zero-order valence-corrected chi connectivity index (χ0v) is 35.5. The topological polar surface area (TPSA) is 55.4 Å². The Balaban J connectivity index is 1.58. The number of rotatable bonds is 35. The SMILES string of the molecule is CCOC(CCCCCCCCCc1cccc(SSc2cccc(CCCCCCCCCC(OCC)(OCC)OCC)c2)c1)(OCC)OCC. The lowest BCUT2D eigenvalue weighted by molar-refractivity contribution is -0.380. The summed E-state index contributed by atoms with van der Waals surface area (Å²) < 4.78 is 35.1. The lowest BCUT2D eigenvalue weighted by Gasteiger charge is -2.32. The molecule has 0 aliphatic carbocycles. The monoisotopic (exact) mass is 762 g/mol. The van der Waals surface area contributed by atoms with Gasteiger partial charge in [0, 0.05) is 62.3 Å². The Morgan fingerprint density at radius 1 is 0.385 bits per heavy atom. The molecule has 8 heteroatoms. The third-order valence-electron chi connectivity index (χ3n) is 9.11. The molecule has 0 radical (unpaired) electrons. The Morgan fingerprint density at radius 2 is 0.673 bits per heavy atom. The maximum absolute atomic E-state index is 5.86. The van der Waals surface area contributed by atoms with Gasteiger partial charge in [-0.15, -0.1) is 0 Å². The van der Waals surface area contributed by atoms with Gasteiger partial charge in [-0.05, 0) is 115 Å². The quantitative estimate of drug-likeness (QED) is 0.0391. The van der Waals surface area contributed by atoms with Crippen LogP contribution in [0.1, 0.15) is 155 Å². The zero-order chi connectivity index (χ0) is 37.6. The van der Waals surface area contributed by atoms with Crippen molar-refractivity contribution >= 4 is 21.6 Å². The fourth-order valence-electron chi connectivity index (χ4n) is 6.71. The molecule has 0 aromatic heterocycles. The summed E-state index contributed by atoms with van der Waals surface area (Å²) in [6, 6.07) is 18.3. The molecule has 0 aliphatic rings. The van der Waals surface area contributed by atoms with Crippen LogP contribution in [0, 0.1) is 0 Å². The second-order valence-corrected chi connectivity index (χ2v) is 15.7. The number of hydrogen-bond acceptors (Lipinski definition) is 8. The Hall–Kier alpha value is -1.10. The molecule has 52 heavy (non-hydrogen) atoms. The molecule has 0 saturated carbocycles. The maximum Gasteiger partial charge on any atom is 0.282 e. The first-order valence-electron chi connectivity index (χ1n) is 20.8. The van der Waals surface area contributed by atoms with Crippen LogP contribution in [0.2, 0.25) is 0 Å². The summed E-state index contributed by atoms with van der Waals surface area (Å²) in [4.78, 5) is 2.68. The molecule has 0 bridgehead atoms. The molecular weight excluding hydrogens is 689 g/mol. The molecule has 0 amide bonds. The summed E-state index contributed by atoms with van der Waals surface area (Å²) in [6.07, 6.45) is 21.2. The van der Waals surface area contributed by atoms with Crippen LogP contribution in [-0.4, -0.2) is 51.6 Å². The van der Waals surface area contributed by atoms with Crippen molar-refractivity contribution in [3.8, 4) is 0 Å². The first-order chi connectivity index (χ1) is 25.5. The van der Waals surface area contributed by atoms with E-state index >= 15 is 0 Å². The Bertz CT molecular complexity index is 1010. The van der Waals surface area contributed by atoms with Crippen molar-refractivity contribution in [1.82, 2.24) is 0 Å². The van der Waals surface area contributed by atoms with Gasteiger partial charge >= 0.3 is 0 Å². The van der Waals surface area contributed by atoms with Gasteiger partial charge in [-0.2, -0.15) is 0 Å². The molecule has 0 unspecified atom stereocenters. The van der Waals surface area contributed by atoms with E-state index in [1.165, 1.54) is 98.0 Å². The van der Waals surface area contributed by atoms with Crippen LogP contribution in [-0.2, 0) is 41.3 Å². The maximum atomic E-state index is 5.86. The number of ether oxygens (including phenoxy) is 6. The summed E-state index contributed by atoms with van der Waals surface area (Å²) in [5.74, 6) is -1.71. The minimum absolute atomic E-state index is 0.598. The number of benzene rings is 2. The van der Waals surface area contributed by atoms with E-state index in [1.807, 2.05) is 63.1 Å². The Kier molecular flexibility index (Phi) is 27.3. The summed E-state index contributed by atoms with van der Waals surface area (Å²) in [5, 5.41) is 0. The second kappa shape index (κ2) is 30.2. The van der Waals surface area contributed by atoms with Crippen molar-refractivity contribution in [3.05, 3.63) is 59.7 Å². The van der Waals surface area contributed by atoms with Crippen molar-refractivity contribution in [3.63, 3.8) is 0 Å².